The van der Waals surface area contributed by atoms with Crippen LogP contribution in [0.2, 0.25) is 0 Å². The number of methoxy groups -OCH3 is 1. The average molecular weight is 197 g/mol. The van der Waals surface area contributed by atoms with E-state index in [-0.39, 0.29) is 11.9 Å². The topological polar surface area (TPSA) is 46.6 Å². The van der Waals surface area contributed by atoms with Crippen LogP contribution in [0.25, 0.3) is 0 Å². The Morgan fingerprint density at radius 1 is 1.50 bits per heavy atom. The van der Waals surface area contributed by atoms with Gasteiger partial charge in [-0.05, 0) is 25.3 Å². The van der Waals surface area contributed by atoms with Crippen LogP contribution in [0.15, 0.2) is 12.7 Å². The zero-order chi connectivity index (χ0) is 10.6. The SMILES string of the molecule is C=CC(=O)N1CCCC[C@H]1C(=O)OC. The first-order chi connectivity index (χ1) is 6.70. The number of rotatable bonds is 2. The molecule has 1 aliphatic rings. The van der Waals surface area contributed by atoms with Crippen LogP contribution < -0.4 is 0 Å². The zero-order valence-corrected chi connectivity index (χ0v) is 8.36. The van der Waals surface area contributed by atoms with Crippen LogP contribution in [-0.4, -0.2) is 36.5 Å². The second kappa shape index (κ2) is 4.79. The molecule has 0 radical (unpaired) electrons. The first kappa shape index (κ1) is 10.8. The highest BCUT2D eigenvalue weighted by atomic mass is 16.5. The third-order valence-electron chi connectivity index (χ3n) is 2.43. The van der Waals surface area contributed by atoms with Crippen molar-refractivity contribution in [2.45, 2.75) is 25.3 Å². The van der Waals surface area contributed by atoms with Crippen molar-refractivity contribution < 1.29 is 14.3 Å². The quantitative estimate of drug-likeness (QED) is 0.484. The van der Waals surface area contributed by atoms with Gasteiger partial charge in [0.05, 0.1) is 7.11 Å². The standard InChI is InChI=1S/C10H15NO3/c1-3-9(12)11-7-5-4-6-8(11)10(13)14-2/h3,8H,1,4-7H2,2H3/t8-/m0/s1. The van der Waals surface area contributed by atoms with Gasteiger partial charge in [0.2, 0.25) is 5.91 Å². The molecule has 1 rings (SSSR count). The average Bonchev–Trinajstić information content (AvgIpc) is 2.27. The lowest BCUT2D eigenvalue weighted by Gasteiger charge is -2.32. The minimum atomic E-state index is -0.417. The summed E-state index contributed by atoms with van der Waals surface area (Å²) in [5.74, 6) is -0.528. The van der Waals surface area contributed by atoms with E-state index in [9.17, 15) is 9.59 Å². The Balaban J connectivity index is 2.73. The number of piperidine rings is 1. The molecule has 78 valence electrons. The minimum Gasteiger partial charge on any atom is -0.467 e. The molecule has 1 aliphatic heterocycles. The number of amides is 1. The first-order valence-electron chi connectivity index (χ1n) is 4.71. The second-order valence-electron chi connectivity index (χ2n) is 3.27. The predicted molar refractivity (Wildman–Crippen MR) is 51.6 cm³/mol. The van der Waals surface area contributed by atoms with Gasteiger partial charge < -0.3 is 9.64 Å². The molecule has 0 aromatic carbocycles. The summed E-state index contributed by atoms with van der Waals surface area (Å²) in [6.07, 6.45) is 3.82. The van der Waals surface area contributed by atoms with Crippen LogP contribution in [-0.2, 0) is 14.3 Å². The fourth-order valence-corrected chi connectivity index (χ4v) is 1.69. The third kappa shape index (κ3) is 2.13. The molecule has 0 spiro atoms. The van der Waals surface area contributed by atoms with Crippen molar-refractivity contribution in [3.8, 4) is 0 Å². The van der Waals surface area contributed by atoms with Crippen LogP contribution in [0.3, 0.4) is 0 Å². The summed E-state index contributed by atoms with van der Waals surface area (Å²) in [4.78, 5) is 24.3. The molecule has 1 atom stereocenters. The van der Waals surface area contributed by atoms with Crippen molar-refractivity contribution >= 4 is 11.9 Å². The van der Waals surface area contributed by atoms with E-state index in [1.165, 1.54) is 18.1 Å². The van der Waals surface area contributed by atoms with Crippen LogP contribution >= 0.6 is 0 Å². The van der Waals surface area contributed by atoms with E-state index in [1.54, 1.807) is 0 Å². The lowest BCUT2D eigenvalue weighted by atomic mass is 10.0. The zero-order valence-electron chi connectivity index (χ0n) is 8.36. The molecule has 1 heterocycles. The molecular formula is C10H15NO3. The fraction of sp³-hybridized carbons (Fsp3) is 0.600. The highest BCUT2D eigenvalue weighted by Crippen LogP contribution is 2.18. The molecule has 4 heteroatoms. The van der Waals surface area contributed by atoms with Crippen molar-refractivity contribution in [1.29, 1.82) is 0 Å². The number of hydrogen-bond donors (Lipinski definition) is 0. The number of carbonyl (C=O) groups excluding carboxylic acids is 2. The van der Waals surface area contributed by atoms with Gasteiger partial charge in [0.15, 0.2) is 0 Å². The van der Waals surface area contributed by atoms with Gasteiger partial charge in [-0.25, -0.2) is 4.79 Å². The Morgan fingerprint density at radius 2 is 2.21 bits per heavy atom. The molecule has 0 bridgehead atoms. The maximum Gasteiger partial charge on any atom is 0.328 e. The molecule has 0 aromatic rings. The normalized spacial score (nSPS) is 21.5. The van der Waals surface area contributed by atoms with E-state index in [1.807, 2.05) is 0 Å². The number of ether oxygens (including phenoxy) is 1. The molecule has 4 nitrogen and oxygen atoms in total. The monoisotopic (exact) mass is 197 g/mol. The lowest BCUT2D eigenvalue weighted by molar-refractivity contribution is -0.153. The molecule has 0 N–H and O–H groups in total. The van der Waals surface area contributed by atoms with Crippen LogP contribution in [0, 0.1) is 0 Å². The lowest BCUT2D eigenvalue weighted by Crippen LogP contribution is -2.47. The summed E-state index contributed by atoms with van der Waals surface area (Å²) in [6.45, 7) is 4.03. The molecular weight excluding hydrogens is 182 g/mol. The smallest absolute Gasteiger partial charge is 0.328 e. The maximum atomic E-state index is 11.4. The van der Waals surface area contributed by atoms with Gasteiger partial charge in [0.25, 0.3) is 0 Å². The minimum absolute atomic E-state index is 0.194. The van der Waals surface area contributed by atoms with Crippen molar-refractivity contribution in [1.82, 2.24) is 4.90 Å². The van der Waals surface area contributed by atoms with Gasteiger partial charge in [0.1, 0.15) is 6.04 Å². The summed E-state index contributed by atoms with van der Waals surface area (Å²) in [7, 11) is 1.34. The van der Waals surface area contributed by atoms with Crippen LogP contribution in [0.1, 0.15) is 19.3 Å². The Morgan fingerprint density at radius 3 is 2.79 bits per heavy atom. The third-order valence-corrected chi connectivity index (χ3v) is 2.43. The Kier molecular flexibility index (Phi) is 3.68. The molecule has 1 fully saturated rings. The molecule has 0 saturated carbocycles. The molecule has 0 unspecified atom stereocenters. The number of likely N-dealkylation sites (tertiary alicyclic amines) is 1. The highest BCUT2D eigenvalue weighted by Gasteiger charge is 2.31. The molecule has 1 amide bonds. The van der Waals surface area contributed by atoms with E-state index >= 15 is 0 Å². The van der Waals surface area contributed by atoms with Crippen molar-refractivity contribution in [3.05, 3.63) is 12.7 Å². The van der Waals surface area contributed by atoms with E-state index in [4.69, 9.17) is 0 Å². The van der Waals surface area contributed by atoms with Crippen molar-refractivity contribution in [2.75, 3.05) is 13.7 Å². The number of carbonyl (C=O) groups is 2. The van der Waals surface area contributed by atoms with Gasteiger partial charge in [-0.15, -0.1) is 0 Å². The largest absolute Gasteiger partial charge is 0.467 e. The highest BCUT2D eigenvalue weighted by molar-refractivity contribution is 5.91. The Labute approximate surface area is 83.5 Å². The Bertz CT molecular complexity index is 250. The predicted octanol–water partition coefficient (Wildman–Crippen LogP) is 0.726. The fourth-order valence-electron chi connectivity index (χ4n) is 1.69. The molecule has 1 saturated heterocycles. The molecule has 0 aromatic heterocycles. The van der Waals surface area contributed by atoms with E-state index in [2.05, 4.69) is 11.3 Å². The van der Waals surface area contributed by atoms with Crippen LogP contribution in [0.5, 0.6) is 0 Å². The maximum absolute atomic E-state index is 11.4. The van der Waals surface area contributed by atoms with Gasteiger partial charge in [0, 0.05) is 6.54 Å². The van der Waals surface area contributed by atoms with E-state index in [0.29, 0.717) is 13.0 Å². The summed E-state index contributed by atoms with van der Waals surface area (Å²) in [5.41, 5.74) is 0. The summed E-state index contributed by atoms with van der Waals surface area (Å²) < 4.78 is 4.65. The number of hydrogen-bond acceptors (Lipinski definition) is 3. The number of esters is 1. The number of nitrogens with zero attached hydrogens (tertiary/aromatic N) is 1. The van der Waals surface area contributed by atoms with E-state index < -0.39 is 6.04 Å². The second-order valence-corrected chi connectivity index (χ2v) is 3.27. The van der Waals surface area contributed by atoms with Gasteiger partial charge >= 0.3 is 5.97 Å². The Hall–Kier alpha value is -1.32. The summed E-state index contributed by atoms with van der Waals surface area (Å²) >= 11 is 0. The molecule has 0 aliphatic carbocycles. The van der Waals surface area contributed by atoms with Gasteiger partial charge in [-0.1, -0.05) is 6.58 Å². The van der Waals surface area contributed by atoms with Crippen molar-refractivity contribution in [2.24, 2.45) is 0 Å². The summed E-state index contributed by atoms with van der Waals surface area (Å²) in [5, 5.41) is 0. The van der Waals surface area contributed by atoms with E-state index in [0.717, 1.165) is 12.8 Å². The first-order valence-corrected chi connectivity index (χ1v) is 4.71. The van der Waals surface area contributed by atoms with Crippen LogP contribution in [0.4, 0.5) is 0 Å². The van der Waals surface area contributed by atoms with Gasteiger partial charge in [-0.2, -0.15) is 0 Å². The summed E-state index contributed by atoms with van der Waals surface area (Å²) in [6, 6.07) is -0.417. The van der Waals surface area contributed by atoms with Crippen molar-refractivity contribution in [3.63, 3.8) is 0 Å². The van der Waals surface area contributed by atoms with Gasteiger partial charge in [-0.3, -0.25) is 4.79 Å². The molecule has 14 heavy (non-hydrogen) atoms.